The first-order valence-corrected chi connectivity index (χ1v) is 5.41. The molecule has 0 atom stereocenters. The number of halogens is 1. The highest BCUT2D eigenvalue weighted by molar-refractivity contribution is 6.21. The summed E-state index contributed by atoms with van der Waals surface area (Å²) in [7, 11) is 0. The van der Waals surface area contributed by atoms with Crippen molar-refractivity contribution in [2.24, 2.45) is 5.73 Å². The summed E-state index contributed by atoms with van der Waals surface area (Å²) in [6, 6.07) is 5.19. The number of carbonyl (C=O) groups is 2. The summed E-state index contributed by atoms with van der Waals surface area (Å²) in [6.45, 7) is 3.00. The summed E-state index contributed by atoms with van der Waals surface area (Å²) >= 11 is 0. The number of carbonyl (C=O) groups excluding carboxylic acids is 2. The maximum Gasteiger partial charge on any atom is 0.343 e. The molecular weight excluding hydrogens is 237 g/mol. The number of Topliss-reactive ketones (excluding diaryl/α,β-unsaturated/α-hetero) is 1. The lowest BCUT2D eigenvalue weighted by molar-refractivity contribution is -0.139. The van der Waals surface area contributed by atoms with Gasteiger partial charge in [-0.15, -0.1) is 0 Å². The van der Waals surface area contributed by atoms with Crippen LogP contribution in [0.1, 0.15) is 19.4 Å². The molecule has 1 aromatic rings. The van der Waals surface area contributed by atoms with Crippen molar-refractivity contribution in [3.05, 3.63) is 41.2 Å². The van der Waals surface area contributed by atoms with Gasteiger partial charge in [0.15, 0.2) is 5.78 Å². The maximum absolute atomic E-state index is 12.8. The van der Waals surface area contributed by atoms with Gasteiger partial charge in [0, 0.05) is 0 Å². The second-order valence-electron chi connectivity index (χ2n) is 3.57. The minimum absolute atomic E-state index is 0.0130. The molecule has 1 rings (SSSR count). The van der Waals surface area contributed by atoms with Crippen molar-refractivity contribution < 1.29 is 18.7 Å². The fourth-order valence-corrected chi connectivity index (χ4v) is 1.42. The number of hydrogen-bond acceptors (Lipinski definition) is 4. The number of benzene rings is 1. The van der Waals surface area contributed by atoms with Gasteiger partial charge in [0.2, 0.25) is 0 Å². The first-order chi connectivity index (χ1) is 8.47. The monoisotopic (exact) mass is 251 g/mol. The zero-order chi connectivity index (χ0) is 13.7. The van der Waals surface area contributed by atoms with E-state index in [-0.39, 0.29) is 17.9 Å². The number of ketones is 1. The molecule has 0 unspecified atom stereocenters. The molecule has 0 bridgehead atoms. The van der Waals surface area contributed by atoms with Gasteiger partial charge in [0.25, 0.3) is 0 Å². The Kier molecular flexibility index (Phi) is 4.59. The van der Waals surface area contributed by atoms with Crippen LogP contribution < -0.4 is 5.73 Å². The lowest BCUT2D eigenvalue weighted by Crippen LogP contribution is -2.18. The van der Waals surface area contributed by atoms with Crippen LogP contribution in [0.5, 0.6) is 0 Å². The van der Waals surface area contributed by atoms with Crippen molar-refractivity contribution in [2.45, 2.75) is 13.8 Å². The predicted molar refractivity (Wildman–Crippen MR) is 64.8 cm³/mol. The van der Waals surface area contributed by atoms with Crippen molar-refractivity contribution in [2.75, 3.05) is 6.61 Å². The van der Waals surface area contributed by atoms with Crippen LogP contribution in [-0.2, 0) is 14.3 Å². The Hall–Kier alpha value is -2.17. The van der Waals surface area contributed by atoms with Gasteiger partial charge in [-0.05, 0) is 43.7 Å². The highest BCUT2D eigenvalue weighted by Gasteiger charge is 2.20. The molecule has 4 nitrogen and oxygen atoms in total. The zero-order valence-electron chi connectivity index (χ0n) is 10.2. The second kappa shape index (κ2) is 5.95. The highest BCUT2D eigenvalue weighted by Crippen LogP contribution is 2.16. The van der Waals surface area contributed by atoms with E-state index in [1.165, 1.54) is 31.2 Å². The molecule has 0 aromatic heterocycles. The van der Waals surface area contributed by atoms with E-state index in [4.69, 9.17) is 10.5 Å². The Labute approximate surface area is 104 Å². The van der Waals surface area contributed by atoms with Crippen LogP contribution in [0.4, 0.5) is 4.39 Å². The Morgan fingerprint density at radius 1 is 1.28 bits per heavy atom. The van der Waals surface area contributed by atoms with Crippen molar-refractivity contribution in [1.82, 2.24) is 0 Å². The molecule has 0 aliphatic carbocycles. The number of hydrogen-bond donors (Lipinski definition) is 1. The molecule has 96 valence electrons. The summed E-state index contributed by atoms with van der Waals surface area (Å²) in [4.78, 5) is 23.0. The summed E-state index contributed by atoms with van der Waals surface area (Å²) < 4.78 is 17.5. The fraction of sp³-hybridized carbons (Fsp3) is 0.231. The molecule has 1 aromatic carbocycles. The molecule has 0 radical (unpaired) electrons. The molecule has 0 spiro atoms. The van der Waals surface area contributed by atoms with E-state index in [0.717, 1.165) is 0 Å². The molecule has 0 aliphatic rings. The first-order valence-electron chi connectivity index (χ1n) is 5.41. The van der Waals surface area contributed by atoms with Crippen LogP contribution in [0.2, 0.25) is 0 Å². The van der Waals surface area contributed by atoms with Crippen LogP contribution in [-0.4, -0.2) is 18.4 Å². The topological polar surface area (TPSA) is 69.4 Å². The van der Waals surface area contributed by atoms with Gasteiger partial charge in [0.1, 0.15) is 11.4 Å². The van der Waals surface area contributed by atoms with Crippen LogP contribution in [0, 0.1) is 5.82 Å². The minimum Gasteiger partial charge on any atom is -0.462 e. The van der Waals surface area contributed by atoms with E-state index in [2.05, 4.69) is 0 Å². The number of nitrogens with two attached hydrogens (primary N) is 1. The summed E-state index contributed by atoms with van der Waals surface area (Å²) in [5.41, 5.74) is 5.92. The van der Waals surface area contributed by atoms with Crippen LogP contribution in [0.25, 0.3) is 5.70 Å². The SMILES string of the molecule is CCOC(=O)/C(C(C)=O)=C(/N)c1ccc(F)cc1. The highest BCUT2D eigenvalue weighted by atomic mass is 19.1. The van der Waals surface area contributed by atoms with E-state index in [1.807, 2.05) is 0 Å². The lowest BCUT2D eigenvalue weighted by Gasteiger charge is -2.08. The Morgan fingerprint density at radius 2 is 1.83 bits per heavy atom. The Bertz CT molecular complexity index is 491. The van der Waals surface area contributed by atoms with Gasteiger partial charge in [-0.3, -0.25) is 4.79 Å². The largest absolute Gasteiger partial charge is 0.462 e. The maximum atomic E-state index is 12.8. The normalized spacial score (nSPS) is 11.7. The van der Waals surface area contributed by atoms with Gasteiger partial charge >= 0.3 is 5.97 Å². The summed E-state index contributed by atoms with van der Waals surface area (Å²) in [5, 5.41) is 0. The summed E-state index contributed by atoms with van der Waals surface area (Å²) in [6.07, 6.45) is 0. The van der Waals surface area contributed by atoms with Gasteiger partial charge < -0.3 is 10.5 Å². The molecule has 5 heteroatoms. The van der Waals surface area contributed by atoms with Gasteiger partial charge in [-0.2, -0.15) is 0 Å². The Morgan fingerprint density at radius 3 is 2.28 bits per heavy atom. The van der Waals surface area contributed by atoms with E-state index >= 15 is 0 Å². The standard InChI is InChI=1S/C13H14FNO3/c1-3-18-13(17)11(8(2)16)12(15)9-4-6-10(14)7-5-9/h4-7H,3,15H2,1-2H3/b12-11+. The average Bonchev–Trinajstić information content (AvgIpc) is 2.29. The quantitative estimate of drug-likeness (QED) is 0.382. The van der Waals surface area contributed by atoms with Crippen LogP contribution >= 0.6 is 0 Å². The van der Waals surface area contributed by atoms with Crippen LogP contribution in [0.15, 0.2) is 29.8 Å². The van der Waals surface area contributed by atoms with E-state index in [9.17, 15) is 14.0 Å². The zero-order valence-corrected chi connectivity index (χ0v) is 10.2. The van der Waals surface area contributed by atoms with Gasteiger partial charge in [-0.1, -0.05) is 0 Å². The number of rotatable bonds is 4. The third-order valence-electron chi connectivity index (χ3n) is 2.26. The molecule has 2 N–H and O–H groups in total. The third kappa shape index (κ3) is 3.16. The van der Waals surface area contributed by atoms with Gasteiger partial charge in [-0.25, -0.2) is 9.18 Å². The lowest BCUT2D eigenvalue weighted by atomic mass is 10.0. The average molecular weight is 251 g/mol. The first kappa shape index (κ1) is 13.9. The van der Waals surface area contributed by atoms with Crippen molar-refractivity contribution in [1.29, 1.82) is 0 Å². The van der Waals surface area contributed by atoms with Gasteiger partial charge in [0.05, 0.1) is 12.3 Å². The van der Waals surface area contributed by atoms with E-state index in [1.54, 1.807) is 6.92 Å². The molecule has 0 aliphatic heterocycles. The summed E-state index contributed by atoms with van der Waals surface area (Å²) in [5.74, 6) is -1.69. The molecule has 0 amide bonds. The van der Waals surface area contributed by atoms with Crippen molar-refractivity contribution in [3.63, 3.8) is 0 Å². The number of ether oxygens (including phenoxy) is 1. The second-order valence-corrected chi connectivity index (χ2v) is 3.57. The molecule has 0 saturated heterocycles. The molecule has 0 fully saturated rings. The molecular formula is C13H14FNO3. The molecule has 18 heavy (non-hydrogen) atoms. The fourth-order valence-electron chi connectivity index (χ4n) is 1.42. The minimum atomic E-state index is -0.771. The van der Waals surface area contributed by atoms with Crippen LogP contribution in [0.3, 0.4) is 0 Å². The molecule has 0 saturated carbocycles. The van der Waals surface area contributed by atoms with Crippen molar-refractivity contribution in [3.8, 4) is 0 Å². The van der Waals surface area contributed by atoms with E-state index < -0.39 is 17.6 Å². The van der Waals surface area contributed by atoms with Crippen molar-refractivity contribution >= 4 is 17.4 Å². The third-order valence-corrected chi connectivity index (χ3v) is 2.26. The van der Waals surface area contributed by atoms with E-state index in [0.29, 0.717) is 5.56 Å². The predicted octanol–water partition coefficient (Wildman–Crippen LogP) is 1.65. The molecule has 0 heterocycles. The number of esters is 1. The Balaban J connectivity index is 3.23. The smallest absolute Gasteiger partial charge is 0.343 e.